The summed E-state index contributed by atoms with van der Waals surface area (Å²) in [6, 6.07) is 0. The van der Waals surface area contributed by atoms with Gasteiger partial charge in [-0.05, 0) is 37.5 Å². The minimum absolute atomic E-state index is 0.106. The quantitative estimate of drug-likeness (QED) is 0.0222. The molecule has 3 N–H and O–H groups in total. The molecule has 19 heteroatoms. The molecule has 0 heterocycles. The third-order valence-corrected chi connectivity index (χ3v) is 21.4. The highest BCUT2D eigenvalue weighted by molar-refractivity contribution is 7.47. The van der Waals surface area contributed by atoms with Crippen molar-refractivity contribution >= 4 is 39.5 Å². The number of phosphoric acid groups is 2. The van der Waals surface area contributed by atoms with E-state index in [1.54, 1.807) is 0 Å². The van der Waals surface area contributed by atoms with Crippen LogP contribution in [0.25, 0.3) is 0 Å². The normalized spacial score (nSPS) is 13.9. The van der Waals surface area contributed by atoms with Gasteiger partial charge in [0.15, 0.2) is 12.2 Å². The molecular formula is C83H162O17P2. The number of carbonyl (C=O) groups excluding carboxylic acids is 4. The van der Waals surface area contributed by atoms with E-state index in [4.69, 9.17) is 37.0 Å². The Labute approximate surface area is 626 Å². The molecule has 102 heavy (non-hydrogen) atoms. The van der Waals surface area contributed by atoms with Crippen molar-refractivity contribution in [3.8, 4) is 0 Å². The highest BCUT2D eigenvalue weighted by Gasteiger charge is 2.30. The minimum Gasteiger partial charge on any atom is -0.462 e. The third-order valence-electron chi connectivity index (χ3n) is 19.5. The van der Waals surface area contributed by atoms with Gasteiger partial charge in [0.25, 0.3) is 0 Å². The first kappa shape index (κ1) is 100. The van der Waals surface area contributed by atoms with Gasteiger partial charge in [0.05, 0.1) is 26.4 Å². The number of carbonyl (C=O) groups is 4. The van der Waals surface area contributed by atoms with Crippen LogP contribution in [0.4, 0.5) is 0 Å². The first-order chi connectivity index (χ1) is 49.4. The molecule has 5 atom stereocenters. The van der Waals surface area contributed by atoms with Crippen LogP contribution in [0.3, 0.4) is 0 Å². The number of phosphoric ester groups is 2. The summed E-state index contributed by atoms with van der Waals surface area (Å²) in [4.78, 5) is 73.0. The van der Waals surface area contributed by atoms with E-state index < -0.39 is 97.5 Å². The third kappa shape index (κ3) is 76.3. The summed E-state index contributed by atoms with van der Waals surface area (Å²) in [5, 5.41) is 10.6. The van der Waals surface area contributed by atoms with Crippen LogP contribution in [-0.4, -0.2) is 96.7 Å². The van der Waals surface area contributed by atoms with Crippen molar-refractivity contribution in [2.75, 3.05) is 39.6 Å². The average Bonchev–Trinajstić information content (AvgIpc) is 0.960. The van der Waals surface area contributed by atoms with Gasteiger partial charge in [-0.25, -0.2) is 9.13 Å². The molecule has 606 valence electrons. The van der Waals surface area contributed by atoms with Crippen LogP contribution in [0.5, 0.6) is 0 Å². The summed E-state index contributed by atoms with van der Waals surface area (Å²) in [5.41, 5.74) is 0. The Bertz CT molecular complexity index is 1960. The van der Waals surface area contributed by atoms with E-state index in [9.17, 15) is 43.2 Å². The fourth-order valence-corrected chi connectivity index (χ4v) is 14.5. The number of aliphatic hydroxyl groups excluding tert-OH is 1. The van der Waals surface area contributed by atoms with Crippen molar-refractivity contribution in [1.29, 1.82) is 0 Å². The second kappa shape index (κ2) is 74.5. The van der Waals surface area contributed by atoms with Crippen molar-refractivity contribution in [1.82, 2.24) is 0 Å². The van der Waals surface area contributed by atoms with Crippen LogP contribution in [0, 0.1) is 11.8 Å². The van der Waals surface area contributed by atoms with E-state index in [0.29, 0.717) is 31.6 Å². The van der Waals surface area contributed by atoms with Crippen LogP contribution >= 0.6 is 15.6 Å². The van der Waals surface area contributed by atoms with Crippen molar-refractivity contribution < 1.29 is 80.2 Å². The molecular weight excluding hydrogens is 1330 g/mol. The van der Waals surface area contributed by atoms with Crippen molar-refractivity contribution in [2.24, 2.45) is 11.8 Å². The molecule has 0 saturated heterocycles. The second-order valence-corrected chi connectivity index (χ2v) is 33.7. The van der Waals surface area contributed by atoms with Crippen LogP contribution in [0.15, 0.2) is 0 Å². The van der Waals surface area contributed by atoms with E-state index >= 15 is 0 Å². The van der Waals surface area contributed by atoms with Gasteiger partial charge in [0.1, 0.15) is 19.3 Å². The monoisotopic (exact) mass is 1490 g/mol. The molecule has 0 saturated carbocycles. The predicted molar refractivity (Wildman–Crippen MR) is 418 cm³/mol. The Morgan fingerprint density at radius 2 is 0.451 bits per heavy atom. The molecule has 0 amide bonds. The molecule has 0 radical (unpaired) electrons. The lowest BCUT2D eigenvalue weighted by Gasteiger charge is -2.21. The maximum absolute atomic E-state index is 13.1. The van der Waals surface area contributed by atoms with E-state index in [-0.39, 0.29) is 25.7 Å². The number of esters is 4. The maximum Gasteiger partial charge on any atom is 0.472 e. The molecule has 0 aliphatic heterocycles. The van der Waals surface area contributed by atoms with Crippen LogP contribution < -0.4 is 0 Å². The van der Waals surface area contributed by atoms with Gasteiger partial charge in [0.2, 0.25) is 0 Å². The van der Waals surface area contributed by atoms with Crippen LogP contribution in [0.2, 0.25) is 0 Å². The summed E-state index contributed by atoms with van der Waals surface area (Å²) in [6.45, 7) is 9.57. The Morgan fingerprint density at radius 3 is 0.667 bits per heavy atom. The van der Waals surface area contributed by atoms with Gasteiger partial charge < -0.3 is 33.8 Å². The van der Waals surface area contributed by atoms with Crippen LogP contribution in [0.1, 0.15) is 440 Å². The number of ether oxygens (including phenoxy) is 4. The van der Waals surface area contributed by atoms with E-state index in [1.807, 2.05) is 0 Å². The lowest BCUT2D eigenvalue weighted by atomic mass is 10.0. The number of unbranched alkanes of at least 4 members (excludes halogenated alkanes) is 52. The van der Waals surface area contributed by atoms with Crippen LogP contribution in [-0.2, 0) is 65.4 Å². The van der Waals surface area contributed by atoms with Gasteiger partial charge in [-0.2, -0.15) is 0 Å². The number of hydrogen-bond acceptors (Lipinski definition) is 15. The average molecular weight is 1490 g/mol. The summed E-state index contributed by atoms with van der Waals surface area (Å²) in [7, 11) is -9.92. The number of rotatable bonds is 82. The molecule has 0 bridgehead atoms. The second-order valence-electron chi connectivity index (χ2n) is 30.8. The Balaban J connectivity index is 5.21. The molecule has 0 fully saturated rings. The van der Waals surface area contributed by atoms with E-state index in [0.717, 1.165) is 102 Å². The smallest absolute Gasteiger partial charge is 0.462 e. The first-order valence-electron chi connectivity index (χ1n) is 43.0. The first-order valence-corrected chi connectivity index (χ1v) is 46.0. The van der Waals surface area contributed by atoms with Crippen molar-refractivity contribution in [3.63, 3.8) is 0 Å². The molecule has 0 spiro atoms. The summed E-state index contributed by atoms with van der Waals surface area (Å²) >= 11 is 0. The van der Waals surface area contributed by atoms with Crippen molar-refractivity contribution in [2.45, 2.75) is 458 Å². The van der Waals surface area contributed by atoms with Crippen molar-refractivity contribution in [3.05, 3.63) is 0 Å². The molecule has 0 aliphatic carbocycles. The largest absolute Gasteiger partial charge is 0.472 e. The highest BCUT2D eigenvalue weighted by atomic mass is 31.2. The Hall–Kier alpha value is -1.94. The minimum atomic E-state index is -4.96. The SMILES string of the molecule is CCCCCCCCCCCCCCCCCCCCCCCC(=O)O[C@H](COC(=O)CCCCCCCCCCCCCCCCCCC)COP(=O)(O)OC[C@@H](O)COP(=O)(O)OC[C@@H](COC(=O)CCCCCCCCC(C)C)OC(=O)CCCCCCCCCCCCCCC(C)C. The van der Waals surface area contributed by atoms with E-state index in [1.165, 1.54) is 250 Å². The lowest BCUT2D eigenvalue weighted by Crippen LogP contribution is -2.30. The fourth-order valence-electron chi connectivity index (χ4n) is 12.9. The highest BCUT2D eigenvalue weighted by Crippen LogP contribution is 2.45. The number of aliphatic hydroxyl groups is 1. The van der Waals surface area contributed by atoms with Gasteiger partial charge in [-0.1, -0.05) is 388 Å². The molecule has 0 aliphatic rings. The van der Waals surface area contributed by atoms with Gasteiger partial charge >= 0.3 is 39.5 Å². The van der Waals surface area contributed by atoms with Gasteiger partial charge in [-0.3, -0.25) is 37.3 Å². The predicted octanol–water partition coefficient (Wildman–Crippen LogP) is 25.1. The molecule has 2 unspecified atom stereocenters. The fraction of sp³-hybridized carbons (Fsp3) is 0.952. The molecule has 0 aromatic carbocycles. The Kier molecular flexibility index (Phi) is 73.1. The zero-order valence-corrected chi connectivity index (χ0v) is 68.7. The maximum atomic E-state index is 13.1. The summed E-state index contributed by atoms with van der Waals surface area (Å²) in [6.07, 6.45) is 65.5. The topological polar surface area (TPSA) is 237 Å². The molecule has 0 aromatic heterocycles. The Morgan fingerprint density at radius 1 is 0.265 bits per heavy atom. The lowest BCUT2D eigenvalue weighted by molar-refractivity contribution is -0.161. The zero-order chi connectivity index (χ0) is 74.9. The molecule has 0 aromatic rings. The molecule has 0 rings (SSSR count). The molecule has 17 nitrogen and oxygen atoms in total. The summed E-state index contributed by atoms with van der Waals surface area (Å²) in [5.74, 6) is -0.653. The van der Waals surface area contributed by atoms with Gasteiger partial charge in [-0.15, -0.1) is 0 Å². The zero-order valence-electron chi connectivity index (χ0n) is 66.9. The summed E-state index contributed by atoms with van der Waals surface area (Å²) < 4.78 is 68.7. The number of hydrogen-bond donors (Lipinski definition) is 3. The van der Waals surface area contributed by atoms with Gasteiger partial charge in [0, 0.05) is 25.7 Å². The van der Waals surface area contributed by atoms with E-state index in [2.05, 4.69) is 41.5 Å². The standard InChI is InChI=1S/C83H162O17P2/c1-7-9-11-13-15-17-19-21-23-25-26-27-28-30-32-34-39-43-47-55-61-67-82(87)99-78(71-93-80(85)65-59-53-46-42-38-33-31-29-24-22-20-18-16-14-12-10-8-2)73-97-101(89,90)95-69-77(84)70-96-102(91,92)98-74-79(72-94-81(86)66-60-54-50-49-52-58-64-76(5)6)100-83(88)68-62-56-48-44-40-36-35-37-41-45-51-57-63-75(3)4/h75-79,84H,7-74H2,1-6H3,(H,89,90)(H,91,92)/t77-,78-,79-/m1/s1.